The minimum atomic E-state index is 0.512. The monoisotopic (exact) mass is 733 g/mol. The molecule has 55 heavy (non-hydrogen) atoms. The first-order valence-electron chi connectivity index (χ1n) is 18.1. The van der Waals surface area contributed by atoms with Crippen molar-refractivity contribution in [1.29, 1.82) is 5.26 Å². The lowest BCUT2D eigenvalue weighted by atomic mass is 9.83. The van der Waals surface area contributed by atoms with Gasteiger partial charge in [-0.15, -0.1) is 22.7 Å². The zero-order valence-electron chi connectivity index (χ0n) is 29.2. The quantitative estimate of drug-likeness (QED) is 0.166. The molecule has 0 atom stereocenters. The normalized spacial score (nSPS) is 11.6. The van der Waals surface area contributed by atoms with Crippen molar-refractivity contribution in [2.75, 3.05) is 0 Å². The largest absolute Gasteiger partial charge is 0.316 e. The molecule has 8 aromatic carbocycles. The van der Waals surface area contributed by atoms with Crippen LogP contribution in [-0.2, 0) is 0 Å². The second kappa shape index (κ2) is 12.3. The Morgan fingerprint density at radius 1 is 0.455 bits per heavy atom. The van der Waals surface area contributed by atoms with Gasteiger partial charge in [0.15, 0.2) is 0 Å². The lowest BCUT2D eigenvalue weighted by Crippen LogP contribution is -2.04. The van der Waals surface area contributed by atoms with E-state index in [1.54, 1.807) is 22.7 Å². The van der Waals surface area contributed by atoms with Crippen LogP contribution in [0.3, 0.4) is 0 Å². The van der Waals surface area contributed by atoms with Gasteiger partial charge in [0.05, 0.1) is 38.3 Å². The molecule has 11 aromatic rings. The zero-order valence-corrected chi connectivity index (χ0v) is 30.9. The van der Waals surface area contributed by atoms with Crippen molar-refractivity contribution in [3.05, 3.63) is 181 Å². The summed E-state index contributed by atoms with van der Waals surface area (Å²) in [5, 5.41) is 18.5. The Kier molecular flexibility index (Phi) is 7.03. The van der Waals surface area contributed by atoms with Crippen molar-refractivity contribution < 1.29 is 0 Å². The van der Waals surface area contributed by atoms with E-state index in [1.165, 1.54) is 30.9 Å². The van der Waals surface area contributed by atoms with Crippen LogP contribution in [0.25, 0.3) is 106 Å². The molecule has 0 spiro atoms. The second-order valence-corrected chi connectivity index (χ2v) is 15.8. The number of aromatic nitrogens is 1. The summed E-state index contributed by atoms with van der Waals surface area (Å²) >= 11 is 3.58. The molecule has 0 aliphatic rings. The van der Waals surface area contributed by atoms with E-state index in [0.29, 0.717) is 11.3 Å². The van der Waals surface area contributed by atoms with E-state index in [2.05, 4.69) is 113 Å². The van der Waals surface area contributed by atoms with Crippen LogP contribution in [-0.4, -0.2) is 4.57 Å². The summed E-state index contributed by atoms with van der Waals surface area (Å²) in [5.41, 5.74) is 8.84. The van der Waals surface area contributed by atoms with E-state index >= 15 is 0 Å². The lowest BCUT2D eigenvalue weighted by Gasteiger charge is -2.24. The average Bonchev–Trinajstić information content (AvgIpc) is 3.93. The highest BCUT2D eigenvalue weighted by molar-refractivity contribution is 7.27. The molecule has 0 fully saturated rings. The first-order valence-corrected chi connectivity index (χ1v) is 19.7. The summed E-state index contributed by atoms with van der Waals surface area (Å²) in [6.07, 6.45) is 0. The van der Waals surface area contributed by atoms with E-state index in [9.17, 15) is 11.8 Å². The molecule has 254 valence electrons. The van der Waals surface area contributed by atoms with E-state index < -0.39 is 0 Å². The molecule has 5 heteroatoms. The predicted octanol–water partition coefficient (Wildman–Crippen LogP) is 14.9. The fraction of sp³-hybridized carbons (Fsp3) is 0. The molecule has 0 bridgehead atoms. The minimum Gasteiger partial charge on any atom is -0.316 e. The van der Waals surface area contributed by atoms with E-state index in [1.807, 2.05) is 66.7 Å². The van der Waals surface area contributed by atoms with Gasteiger partial charge in [0, 0.05) is 47.3 Å². The highest BCUT2D eigenvalue weighted by Gasteiger charge is 2.31. The molecule has 0 radical (unpaired) electrons. The Morgan fingerprint density at radius 2 is 0.873 bits per heavy atom. The Morgan fingerprint density at radius 3 is 1.35 bits per heavy atom. The van der Waals surface area contributed by atoms with Crippen molar-refractivity contribution in [3.63, 3.8) is 0 Å². The van der Waals surface area contributed by atoms with Crippen LogP contribution in [0, 0.1) is 17.9 Å². The number of hydrogen-bond donors (Lipinski definition) is 0. The van der Waals surface area contributed by atoms with E-state index in [0.717, 1.165) is 70.3 Å². The molecule has 0 amide bonds. The summed E-state index contributed by atoms with van der Waals surface area (Å²) in [6, 6.07) is 59.4. The molecular formula is C50H27N3S2. The van der Waals surface area contributed by atoms with Crippen LogP contribution in [0.5, 0.6) is 0 Å². The first-order chi connectivity index (χ1) is 27.2. The van der Waals surface area contributed by atoms with Gasteiger partial charge in [-0.2, -0.15) is 5.26 Å². The Hall–Kier alpha value is -7.02. The van der Waals surface area contributed by atoms with Crippen LogP contribution in [0.15, 0.2) is 164 Å². The molecule has 0 saturated heterocycles. The van der Waals surface area contributed by atoms with Crippen molar-refractivity contribution in [2.24, 2.45) is 0 Å². The van der Waals surface area contributed by atoms with E-state index in [-0.39, 0.29) is 0 Å². The van der Waals surface area contributed by atoms with Gasteiger partial charge in [0.1, 0.15) is 6.07 Å². The highest BCUT2D eigenvalue weighted by atomic mass is 32.1. The Bertz CT molecular complexity index is 3300. The maximum atomic E-state index is 11.5. The number of fused-ring (bicyclic) bond motifs is 11. The SMILES string of the molecule is [C-]#[N+]c1c(-c2ccccc2)c(-c2ccccc2)c(C#N)c(-c2ccccc2)c1-n1c2c(ccc3c4ccccc4sc32)c2ccc3c4ccccc4sc3c21. The third kappa shape index (κ3) is 4.52. The summed E-state index contributed by atoms with van der Waals surface area (Å²) < 4.78 is 7.11. The number of nitrogens with zero attached hydrogens (tertiary/aromatic N) is 3. The maximum absolute atomic E-state index is 11.5. The molecule has 0 N–H and O–H groups in total. The average molecular weight is 734 g/mol. The van der Waals surface area contributed by atoms with Gasteiger partial charge in [-0.05, 0) is 39.9 Å². The predicted molar refractivity (Wildman–Crippen MR) is 234 cm³/mol. The van der Waals surface area contributed by atoms with Gasteiger partial charge < -0.3 is 4.57 Å². The fourth-order valence-electron chi connectivity index (χ4n) is 8.59. The zero-order chi connectivity index (χ0) is 36.6. The lowest BCUT2D eigenvalue weighted by molar-refractivity contribution is 1.20. The Balaban J connectivity index is 1.47. The van der Waals surface area contributed by atoms with Gasteiger partial charge in [0.2, 0.25) is 5.69 Å². The molecule has 0 saturated carbocycles. The van der Waals surface area contributed by atoms with Gasteiger partial charge in [0.25, 0.3) is 0 Å². The molecule has 3 heterocycles. The molecule has 3 nitrogen and oxygen atoms in total. The summed E-state index contributed by atoms with van der Waals surface area (Å²) in [7, 11) is 0. The van der Waals surface area contributed by atoms with Crippen LogP contribution in [0.2, 0.25) is 0 Å². The number of nitriles is 1. The second-order valence-electron chi connectivity index (χ2n) is 13.7. The number of thiophene rings is 2. The van der Waals surface area contributed by atoms with Gasteiger partial charge in [-0.3, -0.25) is 0 Å². The minimum absolute atomic E-state index is 0.512. The third-order valence-electron chi connectivity index (χ3n) is 10.9. The van der Waals surface area contributed by atoms with Crippen LogP contribution in [0.4, 0.5) is 5.69 Å². The summed E-state index contributed by atoms with van der Waals surface area (Å²) in [4.78, 5) is 4.54. The fourth-order valence-corrected chi connectivity index (χ4v) is 11.1. The molecule has 11 rings (SSSR count). The smallest absolute Gasteiger partial charge is 0.219 e. The number of benzene rings is 8. The van der Waals surface area contributed by atoms with Crippen LogP contribution in [0.1, 0.15) is 5.56 Å². The van der Waals surface area contributed by atoms with Crippen LogP contribution < -0.4 is 0 Å². The number of hydrogen-bond acceptors (Lipinski definition) is 3. The van der Waals surface area contributed by atoms with Crippen molar-refractivity contribution in [2.45, 2.75) is 0 Å². The van der Waals surface area contributed by atoms with Crippen molar-refractivity contribution in [3.8, 4) is 45.1 Å². The molecule has 3 aromatic heterocycles. The van der Waals surface area contributed by atoms with E-state index in [4.69, 9.17) is 0 Å². The third-order valence-corrected chi connectivity index (χ3v) is 13.2. The maximum Gasteiger partial charge on any atom is 0.219 e. The molecule has 0 unspecified atom stereocenters. The van der Waals surface area contributed by atoms with Gasteiger partial charge >= 0.3 is 0 Å². The molecule has 0 aliphatic heterocycles. The summed E-state index contributed by atoms with van der Waals surface area (Å²) in [5.74, 6) is 0. The van der Waals surface area contributed by atoms with Crippen molar-refractivity contribution in [1.82, 2.24) is 4.57 Å². The Labute approximate surface area is 324 Å². The molecule has 0 aliphatic carbocycles. The summed E-state index contributed by atoms with van der Waals surface area (Å²) in [6.45, 7) is 9.17. The number of rotatable bonds is 4. The highest BCUT2D eigenvalue weighted by Crippen LogP contribution is 2.54. The van der Waals surface area contributed by atoms with Gasteiger partial charge in [-0.1, -0.05) is 152 Å². The molecular weight excluding hydrogens is 707 g/mol. The first kappa shape index (κ1) is 31.5. The van der Waals surface area contributed by atoms with Crippen molar-refractivity contribution >= 4 is 90.5 Å². The topological polar surface area (TPSA) is 33.1 Å². The standard InChI is InChI=1S/C50H27N3S2/c1-52-45-44(32-19-9-4-10-20-32)42(30-15-5-2-6-16-30)39(29-51)43(31-17-7-3-8-18-31)48(45)53-46-35(25-27-37-33-21-11-13-23-40(33)54-49(37)46)36-26-28-38-34-22-12-14-24-41(34)55-50(38)47(36)53/h2-28H. The van der Waals surface area contributed by atoms with Gasteiger partial charge in [-0.25, -0.2) is 4.85 Å². The van der Waals surface area contributed by atoms with Crippen LogP contribution >= 0.6 is 22.7 Å².